The fraction of sp³-hybridized carbons (Fsp3) is 0.286. The van der Waals surface area contributed by atoms with Crippen molar-refractivity contribution in [2.24, 2.45) is 0 Å². The number of tetrazole rings is 1. The van der Waals surface area contributed by atoms with Crippen LogP contribution in [0.4, 0.5) is 0 Å². The van der Waals surface area contributed by atoms with Gasteiger partial charge >= 0.3 is 0 Å². The number of benzene rings is 2. The van der Waals surface area contributed by atoms with E-state index in [0.717, 1.165) is 22.4 Å². The van der Waals surface area contributed by atoms with Crippen molar-refractivity contribution in [1.29, 1.82) is 0 Å². The first-order valence-corrected chi connectivity index (χ1v) is 10.4. The summed E-state index contributed by atoms with van der Waals surface area (Å²) in [6.07, 6.45) is 0. The first-order valence-electron chi connectivity index (χ1n) is 9.43. The molecule has 0 amide bonds. The van der Waals surface area contributed by atoms with Gasteiger partial charge in [0.2, 0.25) is 16.9 Å². The molecular weight excluding hydrogens is 384 g/mol. The van der Waals surface area contributed by atoms with E-state index in [9.17, 15) is 0 Å². The summed E-state index contributed by atoms with van der Waals surface area (Å²) in [5, 5.41) is 16.9. The van der Waals surface area contributed by atoms with Crippen LogP contribution in [0.2, 0.25) is 0 Å². The highest BCUT2D eigenvalue weighted by molar-refractivity contribution is 7.98. The molecule has 8 heteroatoms. The number of nitrogens with zero attached hydrogens (tertiary/aromatic N) is 6. The van der Waals surface area contributed by atoms with Crippen molar-refractivity contribution >= 4 is 11.8 Å². The van der Waals surface area contributed by atoms with Crippen LogP contribution in [0.5, 0.6) is 0 Å². The Morgan fingerprint density at radius 2 is 1.86 bits per heavy atom. The Morgan fingerprint density at radius 3 is 2.62 bits per heavy atom. The summed E-state index contributed by atoms with van der Waals surface area (Å²) in [4.78, 5) is 4.51. The van der Waals surface area contributed by atoms with Gasteiger partial charge in [-0.1, -0.05) is 67.2 Å². The minimum absolute atomic E-state index is 0.488. The maximum atomic E-state index is 5.42. The van der Waals surface area contributed by atoms with Crippen molar-refractivity contribution in [1.82, 2.24) is 30.3 Å². The molecule has 0 saturated carbocycles. The highest BCUT2D eigenvalue weighted by atomic mass is 32.2. The molecule has 148 valence electrons. The van der Waals surface area contributed by atoms with Crippen molar-refractivity contribution in [2.45, 2.75) is 44.5 Å². The maximum absolute atomic E-state index is 5.42. The lowest BCUT2D eigenvalue weighted by Crippen LogP contribution is -2.02. The predicted octanol–water partition coefficient (Wildman–Crippen LogP) is 4.74. The van der Waals surface area contributed by atoms with Crippen molar-refractivity contribution in [3.8, 4) is 17.1 Å². The maximum Gasteiger partial charge on any atom is 0.237 e. The minimum atomic E-state index is 0.488. The van der Waals surface area contributed by atoms with Gasteiger partial charge in [0.25, 0.3) is 0 Å². The van der Waals surface area contributed by atoms with Crippen LogP contribution in [-0.2, 0) is 5.75 Å². The SMILES string of the molecule is Cc1ccc(C)c(-n2nnnc2SCc2nc(-c3ccc(C(C)C)cc3)no2)c1. The molecule has 0 N–H and O–H groups in total. The van der Waals surface area contributed by atoms with Crippen molar-refractivity contribution < 1.29 is 4.52 Å². The third-order valence-corrected chi connectivity index (χ3v) is 5.57. The van der Waals surface area contributed by atoms with Crippen LogP contribution in [0.3, 0.4) is 0 Å². The van der Waals surface area contributed by atoms with Gasteiger partial charge in [0.05, 0.1) is 11.4 Å². The van der Waals surface area contributed by atoms with Gasteiger partial charge < -0.3 is 4.52 Å². The van der Waals surface area contributed by atoms with Gasteiger partial charge in [0.15, 0.2) is 0 Å². The summed E-state index contributed by atoms with van der Waals surface area (Å²) >= 11 is 1.46. The number of thioether (sulfide) groups is 1. The molecule has 0 saturated heterocycles. The average Bonchev–Trinajstić information content (AvgIpc) is 3.37. The topological polar surface area (TPSA) is 82.5 Å². The molecule has 2 aromatic heterocycles. The van der Waals surface area contributed by atoms with E-state index in [1.165, 1.54) is 17.3 Å². The van der Waals surface area contributed by atoms with E-state index >= 15 is 0 Å². The lowest BCUT2D eigenvalue weighted by Gasteiger charge is -2.07. The zero-order valence-corrected chi connectivity index (χ0v) is 17.6. The highest BCUT2D eigenvalue weighted by Crippen LogP contribution is 2.26. The zero-order valence-electron chi connectivity index (χ0n) is 16.8. The van der Waals surface area contributed by atoms with E-state index in [4.69, 9.17) is 4.52 Å². The van der Waals surface area contributed by atoms with Crippen LogP contribution >= 0.6 is 11.8 Å². The average molecular weight is 407 g/mol. The first kappa shape index (κ1) is 19.3. The number of hydrogen-bond donors (Lipinski definition) is 0. The third kappa shape index (κ3) is 4.22. The van der Waals surface area contributed by atoms with E-state index < -0.39 is 0 Å². The molecule has 0 aliphatic rings. The number of aryl methyl sites for hydroxylation is 2. The molecule has 4 rings (SSSR count). The molecule has 0 radical (unpaired) electrons. The molecule has 0 aliphatic heterocycles. The van der Waals surface area contributed by atoms with Gasteiger partial charge in [0.1, 0.15) is 0 Å². The molecule has 0 bridgehead atoms. The van der Waals surface area contributed by atoms with E-state index in [-0.39, 0.29) is 0 Å². The van der Waals surface area contributed by atoms with Crippen LogP contribution in [0.25, 0.3) is 17.1 Å². The Kier molecular flexibility index (Phi) is 5.44. The fourth-order valence-corrected chi connectivity index (χ4v) is 3.66. The Labute approximate surface area is 173 Å². The van der Waals surface area contributed by atoms with Crippen LogP contribution < -0.4 is 0 Å². The highest BCUT2D eigenvalue weighted by Gasteiger charge is 2.15. The van der Waals surface area contributed by atoms with Crippen LogP contribution in [0.15, 0.2) is 52.1 Å². The summed E-state index contributed by atoms with van der Waals surface area (Å²) in [5.41, 5.74) is 5.45. The van der Waals surface area contributed by atoms with E-state index in [0.29, 0.717) is 28.5 Å². The van der Waals surface area contributed by atoms with E-state index in [1.54, 1.807) is 4.68 Å². The van der Waals surface area contributed by atoms with E-state index in [2.05, 4.69) is 69.8 Å². The normalized spacial score (nSPS) is 11.3. The Hall–Kier alpha value is -3.00. The van der Waals surface area contributed by atoms with E-state index in [1.807, 2.05) is 26.0 Å². The summed E-state index contributed by atoms with van der Waals surface area (Å²) in [6, 6.07) is 14.5. The second kappa shape index (κ2) is 8.16. The van der Waals surface area contributed by atoms with Crippen LogP contribution in [0, 0.1) is 13.8 Å². The first-order chi connectivity index (χ1) is 14.0. The quantitative estimate of drug-likeness (QED) is 0.428. The number of hydrogen-bond acceptors (Lipinski definition) is 7. The number of aromatic nitrogens is 6. The lowest BCUT2D eigenvalue weighted by molar-refractivity contribution is 0.391. The summed E-state index contributed by atoms with van der Waals surface area (Å²) in [7, 11) is 0. The summed E-state index contributed by atoms with van der Waals surface area (Å²) in [6.45, 7) is 8.43. The van der Waals surface area contributed by atoms with Gasteiger partial charge in [-0.3, -0.25) is 0 Å². The van der Waals surface area contributed by atoms with Gasteiger partial charge in [-0.15, -0.1) is 5.10 Å². The second-order valence-electron chi connectivity index (χ2n) is 7.24. The molecule has 29 heavy (non-hydrogen) atoms. The number of rotatable bonds is 6. The Morgan fingerprint density at radius 1 is 1.07 bits per heavy atom. The van der Waals surface area contributed by atoms with Gasteiger partial charge in [0, 0.05) is 5.56 Å². The van der Waals surface area contributed by atoms with Gasteiger partial charge in [-0.05, 0) is 52.9 Å². The summed E-state index contributed by atoms with van der Waals surface area (Å²) in [5.74, 6) is 2.10. The molecular formula is C21H22N6OS. The zero-order chi connectivity index (χ0) is 20.4. The Bertz CT molecular complexity index is 1120. The molecule has 4 aromatic rings. The van der Waals surface area contributed by atoms with Crippen LogP contribution in [0.1, 0.15) is 42.3 Å². The summed E-state index contributed by atoms with van der Waals surface area (Å²) < 4.78 is 7.17. The molecule has 0 fully saturated rings. The van der Waals surface area contributed by atoms with Crippen molar-refractivity contribution in [2.75, 3.05) is 0 Å². The van der Waals surface area contributed by atoms with Crippen LogP contribution in [-0.4, -0.2) is 30.3 Å². The molecule has 2 aromatic carbocycles. The Balaban J connectivity index is 1.49. The van der Waals surface area contributed by atoms with Crippen molar-refractivity contribution in [3.05, 3.63) is 65.0 Å². The van der Waals surface area contributed by atoms with Gasteiger partial charge in [-0.2, -0.15) is 9.67 Å². The molecule has 0 spiro atoms. The molecule has 2 heterocycles. The molecule has 0 aliphatic carbocycles. The standard InChI is InChI=1S/C21H22N6OS/c1-13(2)16-7-9-17(10-8-16)20-22-19(28-24-20)12-29-21-23-25-26-27(21)18-11-14(3)5-6-15(18)4/h5-11,13H,12H2,1-4H3. The smallest absolute Gasteiger partial charge is 0.237 e. The predicted molar refractivity (Wildman–Crippen MR) is 112 cm³/mol. The fourth-order valence-electron chi connectivity index (χ4n) is 2.94. The lowest BCUT2D eigenvalue weighted by atomic mass is 10.0. The monoisotopic (exact) mass is 406 g/mol. The van der Waals surface area contributed by atoms with Gasteiger partial charge in [-0.25, -0.2) is 0 Å². The largest absolute Gasteiger partial charge is 0.338 e. The minimum Gasteiger partial charge on any atom is -0.338 e. The van der Waals surface area contributed by atoms with Crippen molar-refractivity contribution in [3.63, 3.8) is 0 Å². The molecule has 0 atom stereocenters. The molecule has 7 nitrogen and oxygen atoms in total. The third-order valence-electron chi connectivity index (χ3n) is 4.66. The second-order valence-corrected chi connectivity index (χ2v) is 8.18. The molecule has 0 unspecified atom stereocenters.